The van der Waals surface area contributed by atoms with Crippen molar-refractivity contribution in [2.45, 2.75) is 26.1 Å². The predicted octanol–water partition coefficient (Wildman–Crippen LogP) is 4.96. The molecule has 0 spiro atoms. The van der Waals surface area contributed by atoms with Crippen LogP contribution in [0.2, 0.25) is 0 Å². The van der Waals surface area contributed by atoms with Gasteiger partial charge in [0.1, 0.15) is 5.75 Å². The monoisotopic (exact) mass is 361 g/mol. The van der Waals surface area contributed by atoms with Crippen LogP contribution in [0.3, 0.4) is 0 Å². The molecule has 2 aromatic rings. The van der Waals surface area contributed by atoms with Crippen LogP contribution >= 0.6 is 27.3 Å². The summed E-state index contributed by atoms with van der Waals surface area (Å²) < 4.78 is 30.2. The summed E-state index contributed by atoms with van der Waals surface area (Å²) in [5, 5.41) is 5.32. The zero-order valence-electron chi connectivity index (χ0n) is 10.8. The minimum atomic E-state index is -2.81. The molecule has 1 heterocycles. The molecule has 1 atom stereocenters. The van der Waals surface area contributed by atoms with Gasteiger partial charge in [-0.25, -0.2) is 0 Å². The van der Waals surface area contributed by atoms with Gasteiger partial charge >= 0.3 is 6.61 Å². The second-order valence-electron chi connectivity index (χ2n) is 4.22. The second kappa shape index (κ2) is 7.15. The van der Waals surface area contributed by atoms with E-state index in [2.05, 4.69) is 26.0 Å². The van der Waals surface area contributed by atoms with Crippen LogP contribution in [0.1, 0.15) is 23.4 Å². The molecule has 0 bridgehead atoms. The molecule has 2 nitrogen and oxygen atoms in total. The van der Waals surface area contributed by atoms with E-state index in [9.17, 15) is 8.78 Å². The van der Waals surface area contributed by atoms with Gasteiger partial charge in [0, 0.05) is 27.5 Å². The Morgan fingerprint density at radius 3 is 2.70 bits per heavy atom. The quantitative estimate of drug-likeness (QED) is 0.784. The highest BCUT2D eigenvalue weighted by Crippen LogP contribution is 2.29. The lowest BCUT2D eigenvalue weighted by atomic mass is 10.2. The van der Waals surface area contributed by atoms with E-state index in [4.69, 9.17) is 0 Å². The third-order valence-electron chi connectivity index (χ3n) is 2.83. The Morgan fingerprint density at radius 2 is 2.05 bits per heavy atom. The minimum absolute atomic E-state index is 0.129. The molecule has 0 aliphatic rings. The Bertz CT molecular complexity index is 562. The van der Waals surface area contributed by atoms with Crippen molar-refractivity contribution >= 4 is 27.3 Å². The maximum absolute atomic E-state index is 12.3. The van der Waals surface area contributed by atoms with Crippen LogP contribution in [0.15, 0.2) is 40.2 Å². The Kier molecular flexibility index (Phi) is 5.51. The molecular formula is C14H14BrF2NOS. The van der Waals surface area contributed by atoms with E-state index >= 15 is 0 Å². The van der Waals surface area contributed by atoms with Crippen molar-refractivity contribution in [3.63, 3.8) is 0 Å². The van der Waals surface area contributed by atoms with Gasteiger partial charge in [0.15, 0.2) is 0 Å². The summed E-state index contributed by atoms with van der Waals surface area (Å²) in [4.78, 5) is 1.18. The lowest BCUT2D eigenvalue weighted by molar-refractivity contribution is -0.0505. The van der Waals surface area contributed by atoms with Crippen molar-refractivity contribution < 1.29 is 13.5 Å². The Hall–Kier alpha value is -0.980. The highest BCUT2D eigenvalue weighted by molar-refractivity contribution is 9.10. The lowest BCUT2D eigenvalue weighted by Gasteiger charge is -2.15. The number of para-hydroxylation sites is 1. The summed E-state index contributed by atoms with van der Waals surface area (Å²) >= 11 is 5.13. The van der Waals surface area contributed by atoms with Crippen LogP contribution in [0, 0.1) is 0 Å². The normalized spacial score (nSPS) is 12.7. The molecule has 0 saturated carbocycles. The minimum Gasteiger partial charge on any atom is -0.434 e. The van der Waals surface area contributed by atoms with Crippen LogP contribution in [-0.2, 0) is 6.54 Å². The molecule has 1 aromatic heterocycles. The van der Waals surface area contributed by atoms with Crippen LogP contribution in [0.25, 0.3) is 0 Å². The second-order valence-corrected chi connectivity index (χ2v) is 6.02. The van der Waals surface area contributed by atoms with E-state index < -0.39 is 6.61 Å². The van der Waals surface area contributed by atoms with Crippen molar-refractivity contribution in [2.24, 2.45) is 0 Å². The number of alkyl halides is 2. The highest BCUT2D eigenvalue weighted by Gasteiger charge is 2.13. The predicted molar refractivity (Wildman–Crippen MR) is 80.3 cm³/mol. The van der Waals surface area contributed by atoms with Gasteiger partial charge in [-0.1, -0.05) is 18.2 Å². The molecule has 108 valence electrons. The first-order valence-electron chi connectivity index (χ1n) is 6.07. The molecule has 0 amide bonds. The average molecular weight is 362 g/mol. The molecule has 0 aliphatic heterocycles. The van der Waals surface area contributed by atoms with Gasteiger partial charge < -0.3 is 10.1 Å². The van der Waals surface area contributed by atoms with E-state index in [-0.39, 0.29) is 11.8 Å². The fourth-order valence-corrected chi connectivity index (χ4v) is 3.58. The molecule has 0 aliphatic carbocycles. The van der Waals surface area contributed by atoms with Gasteiger partial charge in [0.25, 0.3) is 0 Å². The first kappa shape index (κ1) is 15.4. The summed E-state index contributed by atoms with van der Waals surface area (Å²) in [6.45, 7) is -0.304. The van der Waals surface area contributed by atoms with Gasteiger partial charge in [-0.3, -0.25) is 0 Å². The standard InChI is InChI=1S/C14H14BrF2NOS/c1-9(13-11(15)6-7-20-13)18-8-10-4-2-3-5-12(10)19-14(16)17/h2-7,9,14,18H,8H2,1H3. The van der Waals surface area contributed by atoms with Gasteiger partial charge in [0.05, 0.1) is 0 Å². The number of thiophene rings is 1. The van der Waals surface area contributed by atoms with E-state index in [1.807, 2.05) is 18.4 Å². The smallest absolute Gasteiger partial charge is 0.387 e. The first-order valence-corrected chi connectivity index (χ1v) is 7.74. The topological polar surface area (TPSA) is 21.3 Å². The molecule has 0 fully saturated rings. The van der Waals surface area contributed by atoms with Crippen LogP contribution in [-0.4, -0.2) is 6.61 Å². The van der Waals surface area contributed by atoms with Crippen molar-refractivity contribution in [3.8, 4) is 5.75 Å². The first-order chi connectivity index (χ1) is 9.58. The zero-order chi connectivity index (χ0) is 14.5. The zero-order valence-corrected chi connectivity index (χ0v) is 13.2. The molecule has 0 saturated heterocycles. The fourth-order valence-electron chi connectivity index (χ4n) is 1.83. The number of hydrogen-bond acceptors (Lipinski definition) is 3. The molecule has 0 radical (unpaired) electrons. The summed E-state index contributed by atoms with van der Waals surface area (Å²) in [6, 6.07) is 8.94. The Labute approximate surface area is 128 Å². The molecule has 1 aromatic carbocycles. The number of halogens is 3. The number of benzene rings is 1. The number of hydrogen-bond donors (Lipinski definition) is 1. The number of ether oxygens (including phenoxy) is 1. The van der Waals surface area contributed by atoms with Gasteiger partial charge in [-0.05, 0) is 40.4 Å². The van der Waals surface area contributed by atoms with Crippen molar-refractivity contribution in [1.29, 1.82) is 0 Å². The SMILES string of the molecule is CC(NCc1ccccc1OC(F)F)c1sccc1Br. The van der Waals surface area contributed by atoms with Crippen molar-refractivity contribution in [3.05, 3.63) is 50.6 Å². The fraction of sp³-hybridized carbons (Fsp3) is 0.286. The Morgan fingerprint density at radius 1 is 1.30 bits per heavy atom. The summed E-state index contributed by atoms with van der Waals surface area (Å²) in [7, 11) is 0. The lowest BCUT2D eigenvalue weighted by Crippen LogP contribution is -2.18. The molecule has 20 heavy (non-hydrogen) atoms. The van der Waals surface area contributed by atoms with Crippen LogP contribution in [0.4, 0.5) is 8.78 Å². The van der Waals surface area contributed by atoms with Gasteiger partial charge in [0.2, 0.25) is 0 Å². The molecule has 2 rings (SSSR count). The van der Waals surface area contributed by atoms with E-state index in [1.165, 1.54) is 4.88 Å². The maximum Gasteiger partial charge on any atom is 0.387 e. The van der Waals surface area contributed by atoms with Crippen LogP contribution < -0.4 is 10.1 Å². The number of rotatable bonds is 6. The summed E-state index contributed by atoms with van der Waals surface area (Å²) in [6.07, 6.45) is 0. The van der Waals surface area contributed by atoms with Crippen molar-refractivity contribution in [1.82, 2.24) is 5.32 Å². The van der Waals surface area contributed by atoms with E-state index in [0.717, 1.165) is 4.47 Å². The highest BCUT2D eigenvalue weighted by atomic mass is 79.9. The molecular weight excluding hydrogens is 348 g/mol. The van der Waals surface area contributed by atoms with Crippen molar-refractivity contribution in [2.75, 3.05) is 0 Å². The molecule has 1 N–H and O–H groups in total. The molecule has 1 unspecified atom stereocenters. The largest absolute Gasteiger partial charge is 0.434 e. The average Bonchev–Trinajstić information content (AvgIpc) is 2.83. The van der Waals surface area contributed by atoms with Gasteiger partial charge in [-0.15, -0.1) is 11.3 Å². The summed E-state index contributed by atoms with van der Waals surface area (Å²) in [5.74, 6) is 0.215. The van der Waals surface area contributed by atoms with Gasteiger partial charge in [-0.2, -0.15) is 8.78 Å². The third-order valence-corrected chi connectivity index (χ3v) is 4.88. The van der Waals surface area contributed by atoms with E-state index in [0.29, 0.717) is 12.1 Å². The molecule has 6 heteroatoms. The maximum atomic E-state index is 12.3. The van der Waals surface area contributed by atoms with Crippen LogP contribution in [0.5, 0.6) is 5.75 Å². The third kappa shape index (κ3) is 4.01. The van der Waals surface area contributed by atoms with E-state index in [1.54, 1.807) is 35.6 Å². The Balaban J connectivity index is 2.02. The summed E-state index contributed by atoms with van der Waals surface area (Å²) in [5.41, 5.74) is 0.715. The number of nitrogens with one attached hydrogen (secondary N) is 1.